The van der Waals surface area contributed by atoms with Crippen molar-refractivity contribution >= 4 is 0 Å². The minimum atomic E-state index is 0.500. The first-order valence-electron chi connectivity index (χ1n) is 9.59. The topological polar surface area (TPSA) is 56.3 Å². The van der Waals surface area contributed by atoms with E-state index in [4.69, 9.17) is 9.47 Å². The number of aromatic nitrogens is 2. The van der Waals surface area contributed by atoms with Gasteiger partial charge in [-0.2, -0.15) is 0 Å². The highest BCUT2D eigenvalue weighted by Gasteiger charge is 2.47. The monoisotopic (exact) mass is 353 g/mol. The van der Waals surface area contributed by atoms with Crippen LogP contribution in [0.3, 0.4) is 0 Å². The number of nitrogens with one attached hydrogen (secondary N) is 1. The fourth-order valence-electron chi connectivity index (χ4n) is 3.69. The Bertz CT molecular complexity index is 705. The summed E-state index contributed by atoms with van der Waals surface area (Å²) in [7, 11) is 0. The van der Waals surface area contributed by atoms with Gasteiger partial charge in [0.2, 0.25) is 0 Å². The third-order valence-corrected chi connectivity index (χ3v) is 5.63. The molecule has 1 aliphatic carbocycles. The number of nitrogens with zero attached hydrogens (tertiary/aromatic N) is 2. The first-order chi connectivity index (χ1) is 12.8. The molecule has 138 valence electrons. The van der Waals surface area contributed by atoms with Gasteiger partial charge in [0, 0.05) is 24.6 Å². The Balaban J connectivity index is 1.23. The molecule has 2 aromatic heterocycles. The fourth-order valence-corrected chi connectivity index (χ4v) is 3.69. The van der Waals surface area contributed by atoms with E-state index in [2.05, 4.69) is 34.3 Å². The second-order valence-electron chi connectivity index (χ2n) is 7.44. The van der Waals surface area contributed by atoms with Gasteiger partial charge >= 0.3 is 0 Å². The lowest BCUT2D eigenvalue weighted by atomic mass is 10.1. The summed E-state index contributed by atoms with van der Waals surface area (Å²) in [6.07, 6.45) is 9.61. The van der Waals surface area contributed by atoms with Crippen molar-refractivity contribution in [2.24, 2.45) is 11.8 Å². The van der Waals surface area contributed by atoms with Crippen molar-refractivity contribution < 1.29 is 9.47 Å². The number of hydrogen-bond acceptors (Lipinski definition) is 5. The summed E-state index contributed by atoms with van der Waals surface area (Å²) in [5.74, 6) is 2.63. The summed E-state index contributed by atoms with van der Waals surface area (Å²) >= 11 is 0. The smallest absolute Gasteiger partial charge is 0.137 e. The number of hydrogen-bond donors (Lipinski definition) is 1. The predicted octanol–water partition coefficient (Wildman–Crippen LogP) is 2.83. The molecule has 5 nitrogen and oxygen atoms in total. The Labute approximate surface area is 155 Å². The molecule has 4 unspecified atom stereocenters. The largest absolute Gasteiger partial charge is 0.490 e. The number of pyridine rings is 2. The van der Waals surface area contributed by atoms with Crippen LogP contribution in [0.4, 0.5) is 0 Å². The molecule has 1 aliphatic heterocycles. The molecule has 4 rings (SSSR count). The molecule has 3 heterocycles. The van der Waals surface area contributed by atoms with E-state index < -0.39 is 0 Å². The van der Waals surface area contributed by atoms with Gasteiger partial charge in [0.05, 0.1) is 19.4 Å². The molecule has 0 aromatic carbocycles. The molecule has 0 spiro atoms. The van der Waals surface area contributed by atoms with E-state index in [-0.39, 0.29) is 0 Å². The van der Waals surface area contributed by atoms with Crippen LogP contribution in [0, 0.1) is 11.8 Å². The van der Waals surface area contributed by atoms with Gasteiger partial charge in [0.15, 0.2) is 0 Å². The van der Waals surface area contributed by atoms with E-state index in [0.29, 0.717) is 23.8 Å². The van der Waals surface area contributed by atoms with Gasteiger partial charge in [-0.3, -0.25) is 9.97 Å². The molecule has 0 radical (unpaired) electrons. The van der Waals surface area contributed by atoms with Crippen molar-refractivity contribution in [1.29, 1.82) is 0 Å². The van der Waals surface area contributed by atoms with Crippen LogP contribution < -0.4 is 10.1 Å². The van der Waals surface area contributed by atoms with E-state index in [9.17, 15) is 0 Å². The van der Waals surface area contributed by atoms with Crippen LogP contribution in [0.25, 0.3) is 0 Å². The highest BCUT2D eigenvalue weighted by atomic mass is 16.5. The molecule has 2 aromatic rings. The molecule has 2 fully saturated rings. The average Bonchev–Trinajstić information content (AvgIpc) is 3.28. The van der Waals surface area contributed by atoms with Crippen LogP contribution >= 0.6 is 0 Å². The molecule has 1 N–H and O–H groups in total. The van der Waals surface area contributed by atoms with Gasteiger partial charge in [0.1, 0.15) is 12.4 Å². The molecular formula is C21H27N3O2. The normalized spacial score (nSPS) is 27.0. The summed E-state index contributed by atoms with van der Waals surface area (Å²) in [6.45, 7) is 5.69. The Kier molecular flexibility index (Phi) is 5.46. The number of rotatable bonds is 9. The lowest BCUT2D eigenvalue weighted by molar-refractivity contribution is 0.123. The molecule has 2 aliphatic rings. The van der Waals surface area contributed by atoms with Crippen LogP contribution in [0.15, 0.2) is 43.0 Å². The lowest BCUT2D eigenvalue weighted by Gasteiger charge is -2.27. The van der Waals surface area contributed by atoms with Gasteiger partial charge < -0.3 is 14.8 Å². The maximum absolute atomic E-state index is 5.93. The molecule has 26 heavy (non-hydrogen) atoms. The highest BCUT2D eigenvalue weighted by molar-refractivity contribution is 5.31. The van der Waals surface area contributed by atoms with Gasteiger partial charge in [-0.25, -0.2) is 0 Å². The second kappa shape index (κ2) is 8.14. The van der Waals surface area contributed by atoms with Gasteiger partial charge in [-0.05, 0) is 60.4 Å². The molecule has 0 bridgehead atoms. The van der Waals surface area contributed by atoms with Crippen molar-refractivity contribution in [1.82, 2.24) is 15.3 Å². The summed E-state index contributed by atoms with van der Waals surface area (Å²) < 4.78 is 11.8. The van der Waals surface area contributed by atoms with Crippen molar-refractivity contribution in [3.63, 3.8) is 0 Å². The first kappa shape index (κ1) is 17.4. The Morgan fingerprint density at radius 2 is 2.12 bits per heavy atom. The zero-order chi connectivity index (χ0) is 17.8. The van der Waals surface area contributed by atoms with Crippen LogP contribution in [0.2, 0.25) is 0 Å². The minimum absolute atomic E-state index is 0.500. The van der Waals surface area contributed by atoms with E-state index in [1.54, 1.807) is 6.20 Å². The SMILES string of the molecule is CC1C(COCCc2cccnc2)C1c1cncc(OCC2CCN2)c1. The maximum atomic E-state index is 5.93. The molecule has 1 saturated heterocycles. The Hall–Kier alpha value is -1.98. The van der Waals surface area contributed by atoms with Crippen LogP contribution in [-0.4, -0.2) is 42.4 Å². The van der Waals surface area contributed by atoms with Gasteiger partial charge in [0.25, 0.3) is 0 Å². The van der Waals surface area contributed by atoms with Crippen molar-refractivity contribution in [3.8, 4) is 5.75 Å². The van der Waals surface area contributed by atoms with E-state index >= 15 is 0 Å². The summed E-state index contributed by atoms with van der Waals surface area (Å²) in [5.41, 5.74) is 2.50. The lowest BCUT2D eigenvalue weighted by Crippen LogP contribution is -2.46. The molecule has 4 atom stereocenters. The van der Waals surface area contributed by atoms with E-state index in [1.165, 1.54) is 17.5 Å². The molecular weight excluding hydrogens is 326 g/mol. The minimum Gasteiger partial charge on any atom is -0.490 e. The van der Waals surface area contributed by atoms with Crippen molar-refractivity contribution in [2.75, 3.05) is 26.4 Å². The number of ether oxygens (including phenoxy) is 2. The van der Waals surface area contributed by atoms with Crippen molar-refractivity contribution in [2.45, 2.75) is 31.7 Å². The van der Waals surface area contributed by atoms with Gasteiger partial charge in [-0.15, -0.1) is 0 Å². The van der Waals surface area contributed by atoms with Crippen LogP contribution in [0.1, 0.15) is 30.4 Å². The Morgan fingerprint density at radius 3 is 2.88 bits per heavy atom. The predicted molar refractivity (Wildman–Crippen MR) is 100 cm³/mol. The summed E-state index contributed by atoms with van der Waals surface area (Å²) in [6, 6.07) is 6.72. The Morgan fingerprint density at radius 1 is 1.19 bits per heavy atom. The zero-order valence-corrected chi connectivity index (χ0v) is 15.3. The third kappa shape index (κ3) is 4.22. The third-order valence-electron chi connectivity index (χ3n) is 5.63. The summed E-state index contributed by atoms with van der Waals surface area (Å²) in [5, 5.41) is 3.35. The standard InChI is InChI=1S/C21H27N3O2/c1-15-20(14-25-8-5-16-3-2-6-22-10-16)21(15)17-9-19(12-23-11-17)26-13-18-4-7-24-18/h2-3,6,9-12,15,18,20-21,24H,4-5,7-8,13-14H2,1H3. The maximum Gasteiger partial charge on any atom is 0.137 e. The molecule has 5 heteroatoms. The van der Waals surface area contributed by atoms with Crippen LogP contribution in [-0.2, 0) is 11.2 Å². The average molecular weight is 353 g/mol. The van der Waals surface area contributed by atoms with Crippen LogP contribution in [0.5, 0.6) is 5.75 Å². The first-order valence-corrected chi connectivity index (χ1v) is 9.59. The highest BCUT2D eigenvalue weighted by Crippen LogP contribution is 2.53. The van der Waals surface area contributed by atoms with Gasteiger partial charge in [-0.1, -0.05) is 13.0 Å². The molecule has 0 amide bonds. The zero-order valence-electron chi connectivity index (χ0n) is 15.3. The quantitative estimate of drug-likeness (QED) is 0.703. The van der Waals surface area contributed by atoms with E-state index in [0.717, 1.165) is 38.5 Å². The van der Waals surface area contributed by atoms with E-state index in [1.807, 2.05) is 24.7 Å². The summed E-state index contributed by atoms with van der Waals surface area (Å²) in [4.78, 5) is 8.52. The second-order valence-corrected chi connectivity index (χ2v) is 7.44. The fraction of sp³-hybridized carbons (Fsp3) is 0.524. The van der Waals surface area contributed by atoms with Crippen molar-refractivity contribution in [3.05, 3.63) is 54.1 Å². The molecule has 1 saturated carbocycles.